The number of hydrogen-bond donors (Lipinski definition) is 3. The number of H-pyrrole nitrogens is 1. The monoisotopic (exact) mass is 307 g/mol. The quantitative estimate of drug-likeness (QED) is 0.391. The fourth-order valence-corrected chi connectivity index (χ4v) is 2.79. The molecule has 3 N–H and O–H groups in total. The first-order valence-electron chi connectivity index (χ1n) is 7.10. The summed E-state index contributed by atoms with van der Waals surface area (Å²) in [5.74, 6) is -0.0868. The lowest BCUT2D eigenvalue weighted by Crippen LogP contribution is -2.18. The molecule has 2 aromatic carbocycles. The van der Waals surface area contributed by atoms with Crippen LogP contribution in [0, 0.1) is 6.92 Å². The van der Waals surface area contributed by atoms with Crippen molar-refractivity contribution < 1.29 is 14.4 Å². The lowest BCUT2D eigenvalue weighted by molar-refractivity contribution is 0.0706. The minimum Gasteiger partial charge on any atom is -0.436 e. The van der Waals surface area contributed by atoms with Crippen molar-refractivity contribution in [3.63, 3.8) is 0 Å². The Morgan fingerprint density at radius 2 is 2.09 bits per heavy atom. The van der Waals surface area contributed by atoms with E-state index in [1.807, 2.05) is 31.2 Å². The molecule has 0 radical (unpaired) electrons. The van der Waals surface area contributed by atoms with E-state index < -0.39 is 5.91 Å². The first-order valence-corrected chi connectivity index (χ1v) is 7.10. The van der Waals surface area contributed by atoms with Crippen molar-refractivity contribution in [2.24, 2.45) is 0 Å². The van der Waals surface area contributed by atoms with Crippen LogP contribution in [0.5, 0.6) is 0 Å². The maximum Gasteiger partial charge on any atom is 0.274 e. The van der Waals surface area contributed by atoms with Crippen LogP contribution in [0.1, 0.15) is 16.1 Å². The molecule has 2 heterocycles. The highest BCUT2D eigenvalue weighted by molar-refractivity contribution is 5.98. The van der Waals surface area contributed by atoms with Crippen LogP contribution in [0.15, 0.2) is 46.9 Å². The Bertz CT molecular complexity index is 1050. The maximum atomic E-state index is 11.5. The number of para-hydroxylation sites is 1. The Balaban J connectivity index is 1.91. The van der Waals surface area contributed by atoms with Crippen molar-refractivity contribution in [1.29, 1.82) is 0 Å². The number of carbonyl (C=O) groups excluding carboxylic acids is 1. The zero-order chi connectivity index (χ0) is 16.0. The summed E-state index contributed by atoms with van der Waals surface area (Å²) in [6.45, 7) is 1.97. The molecule has 23 heavy (non-hydrogen) atoms. The molecule has 0 saturated carbocycles. The van der Waals surface area contributed by atoms with Crippen LogP contribution < -0.4 is 5.48 Å². The molecule has 2 aromatic heterocycles. The molecule has 0 saturated heterocycles. The number of nitrogens with one attached hydrogen (secondary N) is 2. The van der Waals surface area contributed by atoms with Gasteiger partial charge in [-0.2, -0.15) is 0 Å². The summed E-state index contributed by atoms with van der Waals surface area (Å²) in [4.78, 5) is 19.3. The standard InChI is InChI=1S/C17H13N3O3/c1-9-15(11-4-2-3-5-12(11)18-9)17-19-13-8-10(16(21)20-22)6-7-14(13)23-17/h2-8,18,22H,1H3,(H,20,21). The van der Waals surface area contributed by atoms with Crippen molar-refractivity contribution in [2.75, 3.05) is 0 Å². The minimum absolute atomic E-state index is 0.315. The number of aromatic nitrogens is 2. The van der Waals surface area contributed by atoms with Gasteiger partial charge in [0.25, 0.3) is 5.91 Å². The molecule has 0 aliphatic rings. The predicted molar refractivity (Wildman–Crippen MR) is 85.3 cm³/mol. The van der Waals surface area contributed by atoms with Gasteiger partial charge in [-0.15, -0.1) is 0 Å². The topological polar surface area (TPSA) is 91.2 Å². The van der Waals surface area contributed by atoms with E-state index in [-0.39, 0.29) is 0 Å². The summed E-state index contributed by atoms with van der Waals surface area (Å²) in [6, 6.07) is 12.8. The first kappa shape index (κ1) is 13.5. The van der Waals surface area contributed by atoms with Gasteiger partial charge in [0.1, 0.15) is 5.52 Å². The summed E-state index contributed by atoms with van der Waals surface area (Å²) in [7, 11) is 0. The van der Waals surface area contributed by atoms with Gasteiger partial charge < -0.3 is 9.40 Å². The average Bonchev–Trinajstić information content (AvgIpc) is 3.12. The van der Waals surface area contributed by atoms with E-state index >= 15 is 0 Å². The van der Waals surface area contributed by atoms with Gasteiger partial charge in [0, 0.05) is 22.2 Å². The van der Waals surface area contributed by atoms with Crippen LogP contribution >= 0.6 is 0 Å². The van der Waals surface area contributed by atoms with Crippen LogP contribution in [0.2, 0.25) is 0 Å². The average molecular weight is 307 g/mol. The number of rotatable bonds is 2. The second-order valence-corrected chi connectivity index (χ2v) is 5.31. The summed E-state index contributed by atoms with van der Waals surface area (Å²) < 4.78 is 5.84. The molecule has 0 unspecified atom stereocenters. The van der Waals surface area contributed by atoms with E-state index in [9.17, 15) is 4.79 Å². The lowest BCUT2D eigenvalue weighted by Gasteiger charge is -1.96. The number of hydroxylamine groups is 1. The van der Waals surface area contributed by atoms with Gasteiger partial charge in [0.15, 0.2) is 5.58 Å². The first-order chi connectivity index (χ1) is 11.2. The third-order valence-corrected chi connectivity index (χ3v) is 3.86. The third kappa shape index (κ3) is 2.08. The fraction of sp³-hybridized carbons (Fsp3) is 0.0588. The van der Waals surface area contributed by atoms with Gasteiger partial charge in [0.05, 0.1) is 5.56 Å². The molecule has 1 amide bonds. The van der Waals surface area contributed by atoms with E-state index in [2.05, 4.69) is 9.97 Å². The number of aromatic amines is 1. The van der Waals surface area contributed by atoms with E-state index in [0.717, 1.165) is 22.2 Å². The molecule has 4 aromatic rings. The highest BCUT2D eigenvalue weighted by Gasteiger charge is 2.17. The van der Waals surface area contributed by atoms with Gasteiger partial charge in [-0.25, -0.2) is 10.5 Å². The highest BCUT2D eigenvalue weighted by atomic mass is 16.5. The number of carbonyl (C=O) groups is 1. The second kappa shape index (κ2) is 4.96. The van der Waals surface area contributed by atoms with Crippen molar-refractivity contribution in [1.82, 2.24) is 15.4 Å². The molecule has 0 aliphatic heterocycles. The number of fused-ring (bicyclic) bond motifs is 2. The van der Waals surface area contributed by atoms with Crippen LogP contribution in [-0.2, 0) is 0 Å². The van der Waals surface area contributed by atoms with Crippen molar-refractivity contribution in [3.05, 3.63) is 53.7 Å². The molecule has 114 valence electrons. The molecule has 6 heteroatoms. The van der Waals surface area contributed by atoms with Crippen molar-refractivity contribution in [3.8, 4) is 11.5 Å². The van der Waals surface area contributed by atoms with E-state index in [4.69, 9.17) is 9.62 Å². The van der Waals surface area contributed by atoms with Gasteiger partial charge in [-0.05, 0) is 31.2 Å². The largest absolute Gasteiger partial charge is 0.436 e. The Morgan fingerprint density at radius 3 is 2.91 bits per heavy atom. The zero-order valence-electron chi connectivity index (χ0n) is 12.3. The summed E-state index contributed by atoms with van der Waals surface area (Å²) in [5.41, 5.74) is 5.96. The zero-order valence-corrected chi connectivity index (χ0v) is 12.3. The lowest BCUT2D eigenvalue weighted by atomic mass is 10.1. The number of nitrogens with zero attached hydrogens (tertiary/aromatic N) is 1. The van der Waals surface area contributed by atoms with Crippen LogP contribution in [-0.4, -0.2) is 21.1 Å². The highest BCUT2D eigenvalue weighted by Crippen LogP contribution is 2.33. The number of oxazole rings is 1. The smallest absolute Gasteiger partial charge is 0.274 e. The molecular formula is C17H13N3O3. The van der Waals surface area contributed by atoms with Crippen LogP contribution in [0.25, 0.3) is 33.5 Å². The number of aryl methyl sites for hydroxylation is 1. The summed E-state index contributed by atoms with van der Waals surface area (Å²) >= 11 is 0. The molecule has 0 spiro atoms. The molecular weight excluding hydrogens is 294 g/mol. The normalized spacial score (nSPS) is 11.2. The molecule has 0 bridgehead atoms. The Hall–Kier alpha value is -3.12. The van der Waals surface area contributed by atoms with E-state index in [0.29, 0.717) is 22.6 Å². The molecule has 0 atom stereocenters. The molecule has 0 aliphatic carbocycles. The van der Waals surface area contributed by atoms with Gasteiger partial charge in [0.2, 0.25) is 5.89 Å². The van der Waals surface area contributed by atoms with E-state index in [1.165, 1.54) is 0 Å². The number of benzene rings is 2. The van der Waals surface area contributed by atoms with Gasteiger partial charge in [-0.1, -0.05) is 18.2 Å². The van der Waals surface area contributed by atoms with Gasteiger partial charge >= 0.3 is 0 Å². The van der Waals surface area contributed by atoms with Gasteiger partial charge in [-0.3, -0.25) is 10.0 Å². The predicted octanol–water partition coefficient (Wildman–Crippen LogP) is 3.40. The summed E-state index contributed by atoms with van der Waals surface area (Å²) in [6.07, 6.45) is 0. The number of hydrogen-bond acceptors (Lipinski definition) is 4. The SMILES string of the molecule is Cc1[nH]c2ccccc2c1-c1nc2cc(C(=O)NO)ccc2o1. The molecule has 0 fully saturated rings. The Labute approximate surface area is 130 Å². The second-order valence-electron chi connectivity index (χ2n) is 5.31. The van der Waals surface area contributed by atoms with Crippen molar-refractivity contribution in [2.45, 2.75) is 6.92 Å². The Morgan fingerprint density at radius 1 is 1.26 bits per heavy atom. The van der Waals surface area contributed by atoms with Crippen LogP contribution in [0.4, 0.5) is 0 Å². The molecule has 4 rings (SSSR count). The maximum absolute atomic E-state index is 11.5. The fourth-order valence-electron chi connectivity index (χ4n) is 2.79. The summed E-state index contributed by atoms with van der Waals surface area (Å²) in [5, 5.41) is 9.76. The Kier molecular flexibility index (Phi) is 2.92. The third-order valence-electron chi connectivity index (χ3n) is 3.86. The van der Waals surface area contributed by atoms with Crippen molar-refractivity contribution >= 4 is 27.9 Å². The minimum atomic E-state index is -0.584. The van der Waals surface area contributed by atoms with E-state index in [1.54, 1.807) is 23.7 Å². The molecule has 6 nitrogen and oxygen atoms in total. The van der Waals surface area contributed by atoms with Crippen LogP contribution in [0.3, 0.4) is 0 Å². The number of amides is 1.